The van der Waals surface area contributed by atoms with Gasteiger partial charge in [0.25, 0.3) is 0 Å². The molecule has 0 amide bonds. The van der Waals surface area contributed by atoms with Gasteiger partial charge in [-0.3, -0.25) is 9.97 Å². The van der Waals surface area contributed by atoms with Crippen molar-refractivity contribution in [1.29, 1.82) is 0 Å². The monoisotopic (exact) mass is 342 g/mol. The fraction of sp³-hybridized carbons (Fsp3) is 0.250. The Kier molecular flexibility index (Phi) is 5.62. The first-order valence-corrected chi connectivity index (χ1v) is 9.23. The molecule has 0 aliphatic rings. The van der Waals surface area contributed by atoms with Crippen LogP contribution >= 0.6 is 0 Å². The van der Waals surface area contributed by atoms with Crippen LogP contribution in [0.2, 0.25) is 0 Å². The van der Waals surface area contributed by atoms with Crippen molar-refractivity contribution in [1.82, 2.24) is 9.97 Å². The molecule has 4 aromatic rings. The summed E-state index contributed by atoms with van der Waals surface area (Å²) in [6.45, 7) is 8.86. The van der Waals surface area contributed by atoms with E-state index in [0.717, 1.165) is 0 Å². The Morgan fingerprint density at radius 1 is 0.577 bits per heavy atom. The number of rotatable bonds is 2. The average Bonchev–Trinajstić information content (AvgIpc) is 2.67. The fourth-order valence-electron chi connectivity index (χ4n) is 3.29. The number of hydrogen-bond donors (Lipinski definition) is 0. The van der Waals surface area contributed by atoms with E-state index < -0.39 is 0 Å². The van der Waals surface area contributed by atoms with Gasteiger partial charge in [0, 0.05) is 35.6 Å². The Morgan fingerprint density at radius 2 is 1.15 bits per heavy atom. The SMILES string of the molecule is CC(C)c1cccc2ccncc12.CC(C)c1cccc2cnccc12. The lowest BCUT2D eigenvalue weighted by atomic mass is 9.97. The third kappa shape index (κ3) is 3.91. The summed E-state index contributed by atoms with van der Waals surface area (Å²) in [5, 5.41) is 5.11. The first-order chi connectivity index (χ1) is 12.6. The summed E-state index contributed by atoms with van der Waals surface area (Å²) >= 11 is 0. The molecule has 0 unspecified atom stereocenters. The van der Waals surface area contributed by atoms with Crippen LogP contribution < -0.4 is 0 Å². The molecule has 0 aliphatic carbocycles. The van der Waals surface area contributed by atoms with Crippen molar-refractivity contribution >= 4 is 21.5 Å². The minimum absolute atomic E-state index is 0.563. The summed E-state index contributed by atoms with van der Waals surface area (Å²) in [6, 6.07) is 16.9. The van der Waals surface area contributed by atoms with Crippen LogP contribution in [0, 0.1) is 0 Å². The van der Waals surface area contributed by atoms with Crippen LogP contribution in [-0.2, 0) is 0 Å². The Hall–Kier alpha value is -2.74. The second-order valence-corrected chi connectivity index (χ2v) is 7.20. The largest absolute Gasteiger partial charge is 0.264 e. The molecule has 132 valence electrons. The summed E-state index contributed by atoms with van der Waals surface area (Å²) in [5.41, 5.74) is 2.78. The zero-order valence-electron chi connectivity index (χ0n) is 16.0. The minimum atomic E-state index is 0.563. The average molecular weight is 342 g/mol. The lowest BCUT2D eigenvalue weighted by Gasteiger charge is -2.08. The molecule has 2 aromatic heterocycles. The van der Waals surface area contributed by atoms with Gasteiger partial charge in [-0.1, -0.05) is 64.1 Å². The third-order valence-electron chi connectivity index (χ3n) is 4.68. The van der Waals surface area contributed by atoms with Gasteiger partial charge in [-0.2, -0.15) is 0 Å². The van der Waals surface area contributed by atoms with Gasteiger partial charge in [-0.05, 0) is 45.9 Å². The quantitative estimate of drug-likeness (QED) is 0.404. The molecule has 0 N–H and O–H groups in total. The highest BCUT2D eigenvalue weighted by atomic mass is 14.6. The molecule has 0 saturated carbocycles. The van der Waals surface area contributed by atoms with Crippen molar-refractivity contribution < 1.29 is 0 Å². The van der Waals surface area contributed by atoms with Gasteiger partial charge in [0.2, 0.25) is 0 Å². The molecule has 0 fully saturated rings. The first-order valence-electron chi connectivity index (χ1n) is 9.23. The van der Waals surface area contributed by atoms with Crippen LogP contribution in [0.3, 0.4) is 0 Å². The molecular weight excluding hydrogens is 316 g/mol. The van der Waals surface area contributed by atoms with E-state index in [4.69, 9.17) is 0 Å². The lowest BCUT2D eigenvalue weighted by molar-refractivity contribution is 0.876. The van der Waals surface area contributed by atoms with Gasteiger partial charge in [0.05, 0.1) is 0 Å². The number of aromatic nitrogens is 2. The van der Waals surface area contributed by atoms with Crippen molar-refractivity contribution in [3.8, 4) is 0 Å². The highest BCUT2D eigenvalue weighted by Crippen LogP contribution is 2.24. The van der Waals surface area contributed by atoms with E-state index >= 15 is 0 Å². The third-order valence-corrected chi connectivity index (χ3v) is 4.68. The molecule has 0 bridgehead atoms. The molecule has 2 heteroatoms. The molecular formula is C24H26N2. The van der Waals surface area contributed by atoms with Crippen LogP contribution in [0.1, 0.15) is 50.7 Å². The molecule has 26 heavy (non-hydrogen) atoms. The van der Waals surface area contributed by atoms with Crippen molar-refractivity contribution in [3.63, 3.8) is 0 Å². The molecule has 0 saturated heterocycles. The van der Waals surface area contributed by atoms with E-state index in [1.54, 1.807) is 0 Å². The number of benzene rings is 2. The van der Waals surface area contributed by atoms with Crippen LogP contribution in [0.15, 0.2) is 73.3 Å². The Bertz CT molecular complexity index is 909. The van der Waals surface area contributed by atoms with Crippen LogP contribution in [0.25, 0.3) is 21.5 Å². The maximum atomic E-state index is 4.16. The van der Waals surface area contributed by atoms with Gasteiger partial charge in [-0.25, -0.2) is 0 Å². The zero-order valence-corrected chi connectivity index (χ0v) is 16.0. The summed E-state index contributed by atoms with van der Waals surface area (Å²) in [4.78, 5) is 8.27. The van der Waals surface area contributed by atoms with Gasteiger partial charge >= 0.3 is 0 Å². The van der Waals surface area contributed by atoms with Gasteiger partial charge in [-0.15, -0.1) is 0 Å². The highest BCUT2D eigenvalue weighted by molar-refractivity contribution is 5.85. The topological polar surface area (TPSA) is 25.8 Å². The van der Waals surface area contributed by atoms with Gasteiger partial charge in [0.1, 0.15) is 0 Å². The molecule has 0 aliphatic heterocycles. The van der Waals surface area contributed by atoms with E-state index in [9.17, 15) is 0 Å². The summed E-state index contributed by atoms with van der Waals surface area (Å²) in [6.07, 6.45) is 7.56. The van der Waals surface area contributed by atoms with Crippen LogP contribution in [-0.4, -0.2) is 9.97 Å². The van der Waals surface area contributed by atoms with Crippen molar-refractivity contribution in [2.24, 2.45) is 0 Å². The molecule has 0 atom stereocenters. The van der Waals surface area contributed by atoms with Crippen molar-refractivity contribution in [2.45, 2.75) is 39.5 Å². The molecule has 2 heterocycles. The fourth-order valence-corrected chi connectivity index (χ4v) is 3.29. The van der Waals surface area contributed by atoms with Crippen LogP contribution in [0.4, 0.5) is 0 Å². The molecule has 2 aromatic carbocycles. The van der Waals surface area contributed by atoms with E-state index in [-0.39, 0.29) is 0 Å². The van der Waals surface area contributed by atoms with E-state index in [0.29, 0.717) is 11.8 Å². The molecule has 2 nitrogen and oxygen atoms in total. The number of hydrogen-bond acceptors (Lipinski definition) is 2. The normalized spacial score (nSPS) is 11.0. The number of fused-ring (bicyclic) bond motifs is 2. The highest BCUT2D eigenvalue weighted by Gasteiger charge is 2.04. The Balaban J connectivity index is 0.000000151. The zero-order chi connectivity index (χ0) is 18.5. The smallest absolute Gasteiger partial charge is 0.0349 e. The molecule has 0 spiro atoms. The van der Waals surface area contributed by atoms with E-state index in [1.807, 2.05) is 24.8 Å². The number of nitrogens with zero attached hydrogens (tertiary/aromatic N) is 2. The summed E-state index contributed by atoms with van der Waals surface area (Å²) in [7, 11) is 0. The maximum Gasteiger partial charge on any atom is 0.0349 e. The second kappa shape index (κ2) is 8.09. The summed E-state index contributed by atoms with van der Waals surface area (Å²) < 4.78 is 0. The van der Waals surface area contributed by atoms with Gasteiger partial charge < -0.3 is 0 Å². The Labute approximate surface area is 155 Å². The van der Waals surface area contributed by atoms with Gasteiger partial charge in [0.15, 0.2) is 0 Å². The van der Waals surface area contributed by atoms with E-state index in [2.05, 4.69) is 86.2 Å². The number of pyridine rings is 2. The maximum absolute atomic E-state index is 4.16. The first kappa shape index (κ1) is 18.1. The molecule has 4 rings (SSSR count). The minimum Gasteiger partial charge on any atom is -0.264 e. The lowest BCUT2D eigenvalue weighted by Crippen LogP contribution is -1.89. The predicted molar refractivity (Wildman–Crippen MR) is 112 cm³/mol. The molecule has 0 radical (unpaired) electrons. The Morgan fingerprint density at radius 3 is 1.85 bits per heavy atom. The van der Waals surface area contributed by atoms with Crippen molar-refractivity contribution in [2.75, 3.05) is 0 Å². The summed E-state index contributed by atoms with van der Waals surface area (Å²) in [5.74, 6) is 1.14. The standard InChI is InChI=1S/2C12H13N/c1-9(2)11-5-3-4-10-8-13-7-6-12(10)11;1-9(2)11-5-3-4-10-6-7-13-8-12(10)11/h2*3-9H,1-2H3. The van der Waals surface area contributed by atoms with E-state index in [1.165, 1.54) is 32.7 Å². The second-order valence-electron chi connectivity index (χ2n) is 7.20. The van der Waals surface area contributed by atoms with Crippen molar-refractivity contribution in [3.05, 3.63) is 84.4 Å². The van der Waals surface area contributed by atoms with Crippen LogP contribution in [0.5, 0.6) is 0 Å². The predicted octanol–water partition coefficient (Wildman–Crippen LogP) is 6.72.